The van der Waals surface area contributed by atoms with Gasteiger partial charge in [-0.05, 0) is 24.3 Å². The van der Waals surface area contributed by atoms with Crippen LogP contribution in [0.4, 0.5) is 18.9 Å². The van der Waals surface area contributed by atoms with Crippen molar-refractivity contribution >= 4 is 21.7 Å². The Morgan fingerprint density at radius 2 is 1.50 bits per heavy atom. The fourth-order valence-electron chi connectivity index (χ4n) is 2.86. The Balaban J connectivity index is 1.72. The third-order valence-corrected chi connectivity index (χ3v) is 5.64. The summed E-state index contributed by atoms with van der Waals surface area (Å²) in [7, 11) is -4.68. The Morgan fingerprint density at radius 1 is 0.929 bits per heavy atom. The van der Waals surface area contributed by atoms with Gasteiger partial charge in [-0.1, -0.05) is 0 Å². The summed E-state index contributed by atoms with van der Waals surface area (Å²) in [6, 6.07) is 6.38. The largest absolute Gasteiger partial charge is 0.379 e. The van der Waals surface area contributed by atoms with Crippen LogP contribution in [0.1, 0.15) is 6.92 Å². The highest BCUT2D eigenvalue weighted by Gasteiger charge is 2.25. The summed E-state index contributed by atoms with van der Waals surface area (Å²) in [5, 5.41) is 0. The summed E-state index contributed by atoms with van der Waals surface area (Å²) in [6.45, 7) is 3.92. The van der Waals surface area contributed by atoms with Crippen LogP contribution in [0.25, 0.3) is 0 Å². The van der Waals surface area contributed by atoms with Gasteiger partial charge in [-0.15, -0.1) is 0 Å². The molecule has 0 unspecified atom stereocenters. The van der Waals surface area contributed by atoms with Gasteiger partial charge in [-0.25, -0.2) is 13.2 Å². The van der Waals surface area contributed by atoms with Crippen molar-refractivity contribution in [1.82, 2.24) is 4.90 Å². The van der Waals surface area contributed by atoms with Crippen molar-refractivity contribution < 1.29 is 30.6 Å². The number of benzene rings is 2. The lowest BCUT2D eigenvalue weighted by Crippen LogP contribution is -2.48. The normalized spacial score (nSPS) is 14.9. The molecule has 0 bridgehead atoms. The van der Waals surface area contributed by atoms with Crippen molar-refractivity contribution in [2.45, 2.75) is 11.8 Å². The lowest BCUT2D eigenvalue weighted by atomic mass is 10.2. The van der Waals surface area contributed by atoms with Crippen LogP contribution in [0.5, 0.6) is 5.75 Å². The van der Waals surface area contributed by atoms with E-state index in [-0.39, 0.29) is 23.8 Å². The molecule has 1 saturated heterocycles. The smallest absolute Gasteiger partial charge is 0.342 e. The van der Waals surface area contributed by atoms with Gasteiger partial charge in [0, 0.05) is 50.9 Å². The molecule has 1 amide bonds. The van der Waals surface area contributed by atoms with Crippen molar-refractivity contribution in [1.29, 1.82) is 0 Å². The summed E-state index contributed by atoms with van der Waals surface area (Å²) < 4.78 is 69.2. The number of hydrogen-bond acceptors (Lipinski definition) is 5. The summed E-state index contributed by atoms with van der Waals surface area (Å²) in [5.41, 5.74) is 0.798. The quantitative estimate of drug-likeness (QED) is 0.568. The molecule has 1 heterocycles. The highest BCUT2D eigenvalue weighted by atomic mass is 32.2. The fraction of sp³-hybridized carbons (Fsp3) is 0.278. The number of carbonyl (C=O) groups is 1. The summed E-state index contributed by atoms with van der Waals surface area (Å²) in [6.07, 6.45) is 0. The summed E-state index contributed by atoms with van der Waals surface area (Å²) >= 11 is 0. The molecule has 1 fully saturated rings. The molecule has 0 N–H and O–H groups in total. The second kappa shape index (κ2) is 7.70. The Bertz CT molecular complexity index is 989. The molecule has 0 saturated carbocycles. The zero-order chi connectivity index (χ0) is 20.5. The van der Waals surface area contributed by atoms with Crippen LogP contribution in [0.15, 0.2) is 41.3 Å². The minimum absolute atomic E-state index is 0.0121. The van der Waals surface area contributed by atoms with Crippen molar-refractivity contribution in [3.63, 3.8) is 0 Å². The van der Waals surface area contributed by atoms with E-state index in [2.05, 4.69) is 0 Å². The molecule has 150 valence electrons. The van der Waals surface area contributed by atoms with Gasteiger partial charge in [0.2, 0.25) is 5.91 Å². The van der Waals surface area contributed by atoms with Crippen molar-refractivity contribution in [3.05, 3.63) is 53.8 Å². The minimum Gasteiger partial charge on any atom is -0.379 e. The van der Waals surface area contributed by atoms with E-state index in [4.69, 9.17) is 4.18 Å². The maximum Gasteiger partial charge on any atom is 0.342 e. The summed E-state index contributed by atoms with van der Waals surface area (Å²) in [5.74, 6) is -4.53. The number of nitrogens with zero attached hydrogens (tertiary/aromatic N) is 2. The van der Waals surface area contributed by atoms with Gasteiger partial charge in [0.25, 0.3) is 0 Å². The average molecular weight is 414 g/mol. The number of rotatable bonds is 4. The van der Waals surface area contributed by atoms with Gasteiger partial charge >= 0.3 is 10.1 Å². The Labute approximate surface area is 160 Å². The first-order chi connectivity index (χ1) is 13.2. The Kier molecular flexibility index (Phi) is 5.50. The second-order valence-corrected chi connectivity index (χ2v) is 7.74. The molecule has 0 atom stereocenters. The molecule has 3 rings (SSSR count). The molecular weight excluding hydrogens is 397 g/mol. The predicted octanol–water partition coefficient (Wildman–Crippen LogP) is 2.54. The molecule has 0 aromatic heterocycles. The van der Waals surface area contributed by atoms with E-state index in [1.165, 1.54) is 19.1 Å². The molecule has 0 aliphatic carbocycles. The van der Waals surface area contributed by atoms with E-state index in [0.717, 1.165) is 5.69 Å². The number of hydrogen-bond donors (Lipinski definition) is 0. The van der Waals surface area contributed by atoms with Crippen molar-refractivity contribution in [2.75, 3.05) is 31.1 Å². The first-order valence-electron chi connectivity index (χ1n) is 8.37. The van der Waals surface area contributed by atoms with Crippen LogP contribution in [-0.2, 0) is 14.9 Å². The van der Waals surface area contributed by atoms with Crippen LogP contribution >= 0.6 is 0 Å². The van der Waals surface area contributed by atoms with Crippen LogP contribution < -0.4 is 9.08 Å². The first kappa shape index (κ1) is 20.0. The number of piperazine rings is 1. The third kappa shape index (κ3) is 4.22. The van der Waals surface area contributed by atoms with E-state index >= 15 is 0 Å². The van der Waals surface area contributed by atoms with E-state index in [0.29, 0.717) is 26.2 Å². The second-order valence-electron chi connectivity index (χ2n) is 6.22. The number of halogens is 3. The van der Waals surface area contributed by atoms with E-state index < -0.39 is 32.5 Å². The SMILES string of the molecule is CC(=O)N1CCN(c2ccc(OS(=O)(=O)c3cc(F)c(F)cc3F)cc2)CC1. The van der Waals surface area contributed by atoms with E-state index in [1.54, 1.807) is 17.0 Å². The van der Waals surface area contributed by atoms with E-state index in [9.17, 15) is 26.4 Å². The molecule has 6 nitrogen and oxygen atoms in total. The highest BCUT2D eigenvalue weighted by molar-refractivity contribution is 7.87. The third-order valence-electron chi connectivity index (χ3n) is 4.38. The van der Waals surface area contributed by atoms with E-state index in [1.807, 2.05) is 4.90 Å². The average Bonchev–Trinajstić information content (AvgIpc) is 2.65. The van der Waals surface area contributed by atoms with Crippen LogP contribution in [0.3, 0.4) is 0 Å². The van der Waals surface area contributed by atoms with Gasteiger partial charge in [-0.2, -0.15) is 8.42 Å². The molecule has 28 heavy (non-hydrogen) atoms. The summed E-state index contributed by atoms with van der Waals surface area (Å²) in [4.78, 5) is 14.0. The topological polar surface area (TPSA) is 66.9 Å². The monoisotopic (exact) mass is 414 g/mol. The zero-order valence-corrected chi connectivity index (χ0v) is 15.7. The maximum atomic E-state index is 13.7. The lowest BCUT2D eigenvalue weighted by molar-refractivity contribution is -0.129. The molecule has 10 heteroatoms. The van der Waals surface area contributed by atoms with Gasteiger partial charge in [0.1, 0.15) is 16.5 Å². The maximum absolute atomic E-state index is 13.7. The van der Waals surface area contributed by atoms with Crippen LogP contribution in [-0.4, -0.2) is 45.4 Å². The van der Waals surface area contributed by atoms with Gasteiger partial charge < -0.3 is 14.0 Å². The minimum atomic E-state index is -4.68. The van der Waals surface area contributed by atoms with Gasteiger partial charge in [0.15, 0.2) is 11.6 Å². The number of carbonyl (C=O) groups excluding carboxylic acids is 1. The standard InChI is InChI=1S/C18H17F3N2O4S/c1-12(24)22-6-8-23(9-7-22)13-2-4-14(5-3-13)27-28(25,26)18-11-16(20)15(19)10-17(18)21/h2-5,10-11H,6-9H2,1H3. The van der Waals surface area contributed by atoms with Crippen LogP contribution in [0.2, 0.25) is 0 Å². The molecule has 2 aromatic carbocycles. The lowest BCUT2D eigenvalue weighted by Gasteiger charge is -2.35. The van der Waals surface area contributed by atoms with Crippen LogP contribution in [0, 0.1) is 17.5 Å². The molecule has 1 aliphatic rings. The number of amides is 1. The fourth-order valence-corrected chi connectivity index (χ4v) is 3.86. The van der Waals surface area contributed by atoms with Gasteiger partial charge in [-0.3, -0.25) is 4.79 Å². The zero-order valence-electron chi connectivity index (χ0n) is 14.9. The molecule has 0 spiro atoms. The predicted molar refractivity (Wildman–Crippen MR) is 95.0 cm³/mol. The van der Waals surface area contributed by atoms with Crippen molar-refractivity contribution in [2.24, 2.45) is 0 Å². The number of anilines is 1. The molecule has 2 aromatic rings. The van der Waals surface area contributed by atoms with Crippen molar-refractivity contribution in [3.8, 4) is 5.75 Å². The highest BCUT2D eigenvalue weighted by Crippen LogP contribution is 2.25. The Hall–Kier alpha value is -2.75. The Morgan fingerprint density at radius 3 is 2.07 bits per heavy atom. The molecule has 0 radical (unpaired) electrons. The first-order valence-corrected chi connectivity index (χ1v) is 9.78. The molecule has 1 aliphatic heterocycles. The van der Waals surface area contributed by atoms with Gasteiger partial charge in [0.05, 0.1) is 0 Å². The molecular formula is C18H17F3N2O4S.